The van der Waals surface area contributed by atoms with Crippen molar-refractivity contribution in [2.24, 2.45) is 0 Å². The van der Waals surface area contributed by atoms with Gasteiger partial charge in [0.05, 0.1) is 30.5 Å². The van der Waals surface area contributed by atoms with E-state index in [0.717, 1.165) is 12.1 Å². The summed E-state index contributed by atoms with van der Waals surface area (Å²) in [6.07, 6.45) is -1.83. The number of nitrogens with one attached hydrogen (secondary N) is 3. The maximum Gasteiger partial charge on any atom is 0.416 e. The van der Waals surface area contributed by atoms with Crippen molar-refractivity contribution < 1.29 is 41.4 Å². The number of oxazole rings is 1. The Morgan fingerprint density at radius 1 is 1.00 bits per heavy atom. The summed E-state index contributed by atoms with van der Waals surface area (Å²) in [5.74, 6) is -1.16. The van der Waals surface area contributed by atoms with Crippen LogP contribution >= 0.6 is 0 Å². The third-order valence-corrected chi connectivity index (χ3v) is 7.37. The van der Waals surface area contributed by atoms with E-state index in [1.807, 2.05) is 0 Å². The lowest BCUT2D eigenvalue weighted by molar-refractivity contribution is -0.137. The fourth-order valence-electron chi connectivity index (χ4n) is 5.08. The van der Waals surface area contributed by atoms with Crippen LogP contribution in [0.5, 0.6) is 5.75 Å². The minimum Gasteiger partial charge on any atom is -0.493 e. The van der Waals surface area contributed by atoms with E-state index in [1.54, 1.807) is 12.1 Å². The van der Waals surface area contributed by atoms with Gasteiger partial charge in [-0.05, 0) is 66.8 Å². The highest BCUT2D eigenvalue weighted by molar-refractivity contribution is 6.01. The highest BCUT2D eigenvalue weighted by atomic mass is 19.4. The number of rotatable bonds is 6. The highest BCUT2D eigenvalue weighted by Crippen LogP contribution is 2.29. The number of halogens is 4. The average molecular weight is 641 g/mol. The third-order valence-electron chi connectivity index (χ3n) is 7.37. The van der Waals surface area contributed by atoms with E-state index in [2.05, 4.69) is 20.9 Å². The van der Waals surface area contributed by atoms with E-state index < -0.39 is 41.5 Å². The smallest absolute Gasteiger partial charge is 0.416 e. The quantitative estimate of drug-likeness (QED) is 0.221. The van der Waals surface area contributed by atoms with Gasteiger partial charge in [0, 0.05) is 42.4 Å². The zero-order chi connectivity index (χ0) is 32.7. The number of amides is 2. The topological polar surface area (TPSA) is 126 Å². The molecule has 0 saturated carbocycles. The van der Waals surface area contributed by atoms with Crippen LogP contribution in [0.2, 0.25) is 0 Å². The van der Waals surface area contributed by atoms with Crippen LogP contribution < -0.4 is 20.7 Å². The second-order valence-electron chi connectivity index (χ2n) is 10.9. The van der Waals surface area contributed by atoms with Gasteiger partial charge in [-0.2, -0.15) is 13.2 Å². The molecule has 4 N–H and O–H groups in total. The Morgan fingerprint density at radius 2 is 1.78 bits per heavy atom. The Kier molecular flexibility index (Phi) is 10.3. The van der Waals surface area contributed by atoms with Crippen molar-refractivity contribution in [3.8, 4) is 17.2 Å². The lowest BCUT2D eigenvalue weighted by Gasteiger charge is -2.25. The maximum absolute atomic E-state index is 14.6. The van der Waals surface area contributed by atoms with Gasteiger partial charge >= 0.3 is 6.18 Å². The molecule has 46 heavy (non-hydrogen) atoms. The molecule has 2 amide bonds. The molecule has 0 spiro atoms. The maximum atomic E-state index is 14.6. The molecule has 242 valence electrons. The Morgan fingerprint density at radius 3 is 2.54 bits per heavy atom. The molecule has 0 fully saturated rings. The Balaban J connectivity index is 1.42. The normalized spacial score (nSPS) is 16.9. The molecule has 0 aliphatic carbocycles. The van der Waals surface area contributed by atoms with Gasteiger partial charge in [0.1, 0.15) is 17.8 Å². The number of ether oxygens (including phenoxy) is 1. The molecule has 1 aliphatic heterocycles. The van der Waals surface area contributed by atoms with Crippen molar-refractivity contribution in [2.45, 2.75) is 44.1 Å². The van der Waals surface area contributed by atoms with E-state index >= 15 is 0 Å². The fourth-order valence-corrected chi connectivity index (χ4v) is 5.08. The van der Waals surface area contributed by atoms with Crippen molar-refractivity contribution >= 4 is 11.8 Å². The molecule has 4 bridgehead atoms. The van der Waals surface area contributed by atoms with Crippen LogP contribution in [0, 0.1) is 5.82 Å². The number of carbonyl (C=O) groups is 2. The van der Waals surface area contributed by atoms with Gasteiger partial charge in [0.25, 0.3) is 11.8 Å². The molecule has 2 atom stereocenters. The number of benzene rings is 3. The van der Waals surface area contributed by atoms with E-state index in [-0.39, 0.29) is 48.9 Å². The van der Waals surface area contributed by atoms with Gasteiger partial charge in [-0.1, -0.05) is 18.2 Å². The lowest BCUT2D eigenvalue weighted by Crippen LogP contribution is -2.48. The number of aromatic nitrogens is 1. The molecule has 3 aromatic carbocycles. The Hall–Kier alpha value is -4.75. The van der Waals surface area contributed by atoms with Crippen LogP contribution in [0.15, 0.2) is 77.5 Å². The number of hydrogen-bond acceptors (Lipinski definition) is 7. The monoisotopic (exact) mass is 640 g/mol. The van der Waals surface area contributed by atoms with Gasteiger partial charge in [0.15, 0.2) is 0 Å². The number of carbonyl (C=O) groups excluding carboxylic acids is 2. The zero-order valence-electron chi connectivity index (χ0n) is 24.6. The van der Waals surface area contributed by atoms with Crippen molar-refractivity contribution in [3.63, 3.8) is 0 Å². The van der Waals surface area contributed by atoms with Gasteiger partial charge < -0.3 is 30.2 Å². The van der Waals surface area contributed by atoms with Crippen LogP contribution in [0.4, 0.5) is 17.6 Å². The van der Waals surface area contributed by atoms with Crippen molar-refractivity contribution in [2.75, 3.05) is 19.7 Å². The zero-order valence-corrected chi connectivity index (χ0v) is 24.6. The molecule has 0 radical (unpaired) electrons. The molecule has 5 rings (SSSR count). The molecular weight excluding hydrogens is 608 g/mol. The second-order valence-corrected chi connectivity index (χ2v) is 10.9. The molecule has 1 aliphatic rings. The molecule has 13 heteroatoms. The Labute approximate surface area is 262 Å². The first-order valence-electron chi connectivity index (χ1n) is 14.7. The highest BCUT2D eigenvalue weighted by Gasteiger charge is 2.30. The van der Waals surface area contributed by atoms with Crippen LogP contribution in [0.25, 0.3) is 11.5 Å². The summed E-state index contributed by atoms with van der Waals surface area (Å²) in [4.78, 5) is 30.8. The third kappa shape index (κ3) is 8.70. The molecule has 2 unspecified atom stereocenters. The summed E-state index contributed by atoms with van der Waals surface area (Å²) in [7, 11) is 0. The van der Waals surface area contributed by atoms with Gasteiger partial charge in [-0.3, -0.25) is 9.59 Å². The van der Waals surface area contributed by atoms with E-state index in [1.165, 1.54) is 48.9 Å². The molecule has 4 aromatic rings. The van der Waals surface area contributed by atoms with Crippen LogP contribution in [0.3, 0.4) is 0 Å². The number of aliphatic hydroxyl groups is 1. The first-order chi connectivity index (χ1) is 22.0. The van der Waals surface area contributed by atoms with Gasteiger partial charge in [0.2, 0.25) is 5.89 Å². The van der Waals surface area contributed by atoms with E-state index in [0.29, 0.717) is 36.1 Å². The number of hydrogen-bond donors (Lipinski definition) is 4. The van der Waals surface area contributed by atoms with Gasteiger partial charge in [-0.25, -0.2) is 9.37 Å². The number of aliphatic hydroxyl groups excluding tert-OH is 1. The van der Waals surface area contributed by atoms with E-state index in [9.17, 15) is 32.3 Å². The largest absolute Gasteiger partial charge is 0.493 e. The van der Waals surface area contributed by atoms with Crippen molar-refractivity contribution in [3.05, 3.63) is 107 Å². The molecule has 2 heterocycles. The van der Waals surface area contributed by atoms with Crippen LogP contribution in [-0.2, 0) is 19.1 Å². The summed E-state index contributed by atoms with van der Waals surface area (Å²) < 4.78 is 65.1. The van der Waals surface area contributed by atoms with Crippen LogP contribution in [0.1, 0.15) is 50.2 Å². The summed E-state index contributed by atoms with van der Waals surface area (Å²) >= 11 is 0. The Bertz CT molecular complexity index is 1660. The van der Waals surface area contributed by atoms with Crippen LogP contribution in [-0.4, -0.2) is 53.7 Å². The molecule has 1 aromatic heterocycles. The number of fused-ring (bicyclic) bond motifs is 4. The predicted octanol–water partition coefficient (Wildman–Crippen LogP) is 4.89. The molecule has 9 nitrogen and oxygen atoms in total. The molecular formula is C33H32F4N4O5. The summed E-state index contributed by atoms with van der Waals surface area (Å²) in [5.41, 5.74) is 0.645. The summed E-state index contributed by atoms with van der Waals surface area (Å²) in [6, 6.07) is 12.4. The van der Waals surface area contributed by atoms with E-state index in [4.69, 9.17) is 9.15 Å². The molecule has 0 saturated heterocycles. The SMILES string of the molecule is O=C1NCCCCOc2cc(F)cc(c2)CC(C(O)CNCc2cccc(C(F)(F)F)c2)NC(=O)c2cc1cc(-c1ncco1)c2. The fraction of sp³-hybridized carbons (Fsp3) is 0.303. The lowest BCUT2D eigenvalue weighted by atomic mass is 9.99. The summed E-state index contributed by atoms with van der Waals surface area (Å²) in [5, 5.41) is 19.8. The standard InChI is InChI=1S/C33H32F4N4O5/c34-26-11-21-12-27(17-26)45-8-2-1-6-39-30(43)22-14-23(16-24(15-22)32-40-7-9-46-32)31(44)41-28(13-21)29(42)19-38-18-20-4-3-5-25(10-20)33(35,36)37/h3-5,7,9-12,14-17,28-29,38,42H,1-2,6,8,13,18-19H2,(H,39,43)(H,41,44). The first kappa shape index (κ1) is 32.6. The first-order valence-corrected chi connectivity index (χ1v) is 14.7. The predicted molar refractivity (Wildman–Crippen MR) is 160 cm³/mol. The minimum absolute atomic E-state index is 0.0102. The minimum atomic E-state index is -4.50. The number of nitrogens with zero attached hydrogens (tertiary/aromatic N) is 1. The van der Waals surface area contributed by atoms with Crippen molar-refractivity contribution in [1.82, 2.24) is 20.9 Å². The van der Waals surface area contributed by atoms with Crippen molar-refractivity contribution in [1.29, 1.82) is 0 Å². The van der Waals surface area contributed by atoms with Gasteiger partial charge in [-0.15, -0.1) is 0 Å². The number of alkyl halides is 3. The average Bonchev–Trinajstić information content (AvgIpc) is 3.56. The summed E-state index contributed by atoms with van der Waals surface area (Å²) in [6.45, 7) is 0.494. The second kappa shape index (κ2) is 14.6.